The second kappa shape index (κ2) is 14.2. The smallest absolute Gasteiger partial charge is 0.130 e. The molecular formula is C24H29N3O2S2. The monoisotopic (exact) mass is 455 g/mol. The van der Waals surface area contributed by atoms with Crippen molar-refractivity contribution in [2.24, 2.45) is 0 Å². The lowest BCUT2D eigenvalue weighted by Crippen LogP contribution is -2.36. The van der Waals surface area contributed by atoms with Crippen LogP contribution in [0.15, 0.2) is 65.2 Å². The predicted molar refractivity (Wildman–Crippen MR) is 133 cm³/mol. The molecule has 0 aliphatic carbocycles. The molecule has 5 nitrogen and oxygen atoms in total. The molecule has 0 aromatic carbocycles. The lowest BCUT2D eigenvalue weighted by Gasteiger charge is -2.28. The van der Waals surface area contributed by atoms with Gasteiger partial charge in [-0.15, -0.1) is 11.3 Å². The molecule has 1 aliphatic heterocycles. The van der Waals surface area contributed by atoms with Gasteiger partial charge in [-0.05, 0) is 57.0 Å². The molecule has 0 saturated carbocycles. The van der Waals surface area contributed by atoms with Crippen LogP contribution in [0.1, 0.15) is 18.9 Å². The summed E-state index contributed by atoms with van der Waals surface area (Å²) in [6, 6.07) is 2.07. The van der Waals surface area contributed by atoms with E-state index in [0.717, 1.165) is 58.5 Å². The van der Waals surface area contributed by atoms with E-state index in [0.29, 0.717) is 11.4 Å². The van der Waals surface area contributed by atoms with Crippen LogP contribution in [0.2, 0.25) is 0 Å². The Morgan fingerprint density at radius 1 is 1.19 bits per heavy atom. The number of thiophene rings is 1. The summed E-state index contributed by atoms with van der Waals surface area (Å²) in [5.74, 6) is 1.61. The second-order valence-electron chi connectivity index (χ2n) is 6.26. The quantitative estimate of drug-likeness (QED) is 0.663. The van der Waals surface area contributed by atoms with Gasteiger partial charge in [0.1, 0.15) is 14.9 Å². The largest absolute Gasteiger partial charge is 0.396 e. The minimum Gasteiger partial charge on any atom is -0.396 e. The number of ether oxygens (including phenoxy) is 1. The maximum absolute atomic E-state index is 12.3. The molecule has 164 valence electrons. The highest BCUT2D eigenvalue weighted by Crippen LogP contribution is 2.38. The summed E-state index contributed by atoms with van der Waals surface area (Å²) in [4.78, 5) is 7.88. The van der Waals surface area contributed by atoms with Crippen LogP contribution in [0.5, 0.6) is 0 Å². The number of aromatic nitrogens is 1. The number of nitrogens with two attached hydrogens (primary N) is 1. The highest BCUT2D eigenvalue weighted by molar-refractivity contribution is 7.87. The van der Waals surface area contributed by atoms with E-state index in [-0.39, 0.29) is 0 Å². The van der Waals surface area contributed by atoms with Crippen LogP contribution in [0, 0.1) is 6.92 Å². The van der Waals surface area contributed by atoms with Crippen molar-refractivity contribution >= 4 is 43.9 Å². The summed E-state index contributed by atoms with van der Waals surface area (Å²) in [6.45, 7) is 20.0. The van der Waals surface area contributed by atoms with Gasteiger partial charge in [-0.1, -0.05) is 29.8 Å². The van der Waals surface area contributed by atoms with E-state index >= 15 is 0 Å². The molecule has 1 fully saturated rings. The standard InChI is InChI=1S/C15H21N3O2S2.C5H4.C4H4/c1-3-8-22(19)15-13(16)12-10(2)9-11(17-14(12)21-15)18-4-6-20-7-5-18;1-3-5-4-2;1-3-4-2/h9H,3-8,16H2,1-2H3;1-2H2;1-2H2. The van der Waals surface area contributed by atoms with E-state index in [2.05, 4.69) is 65.9 Å². The minimum atomic E-state index is -1.03. The Labute approximate surface area is 191 Å². The van der Waals surface area contributed by atoms with Crippen molar-refractivity contribution in [3.05, 3.63) is 66.6 Å². The molecule has 3 rings (SSSR count). The third-order valence-electron chi connectivity index (χ3n) is 4.08. The van der Waals surface area contributed by atoms with E-state index < -0.39 is 10.8 Å². The van der Waals surface area contributed by atoms with E-state index in [1.54, 1.807) is 0 Å². The van der Waals surface area contributed by atoms with Gasteiger partial charge < -0.3 is 15.4 Å². The number of rotatable bonds is 4. The second-order valence-corrected chi connectivity index (χ2v) is 9.03. The molecule has 1 atom stereocenters. The van der Waals surface area contributed by atoms with Crippen molar-refractivity contribution in [3.8, 4) is 0 Å². The first-order valence-corrected chi connectivity index (χ1v) is 11.8. The van der Waals surface area contributed by atoms with E-state index in [4.69, 9.17) is 15.5 Å². The summed E-state index contributed by atoms with van der Waals surface area (Å²) < 4.78 is 18.5. The Hall–Kier alpha value is -2.80. The average molecular weight is 456 g/mol. The lowest BCUT2D eigenvalue weighted by molar-refractivity contribution is 0.122. The zero-order valence-corrected chi connectivity index (χ0v) is 19.9. The molecule has 7 heteroatoms. The van der Waals surface area contributed by atoms with Gasteiger partial charge >= 0.3 is 0 Å². The fourth-order valence-electron chi connectivity index (χ4n) is 2.74. The molecule has 1 saturated heterocycles. The number of fused-ring (bicyclic) bond motifs is 1. The molecular weight excluding hydrogens is 426 g/mol. The number of anilines is 2. The van der Waals surface area contributed by atoms with Gasteiger partial charge in [0.05, 0.1) is 29.7 Å². The molecule has 2 aromatic heterocycles. The van der Waals surface area contributed by atoms with Crippen molar-refractivity contribution in [2.45, 2.75) is 24.5 Å². The van der Waals surface area contributed by atoms with Crippen LogP contribution in [0.25, 0.3) is 10.2 Å². The molecule has 2 aromatic rings. The molecule has 2 N–H and O–H groups in total. The SMILES string of the molecule is C=C=C=C.C=C=C=C=C.CCCS(=O)c1sc2nc(N3CCOCC3)cc(C)c2c1N. The van der Waals surface area contributed by atoms with Crippen LogP contribution >= 0.6 is 11.3 Å². The van der Waals surface area contributed by atoms with Gasteiger partial charge in [-0.25, -0.2) is 4.98 Å². The lowest BCUT2D eigenvalue weighted by atomic mass is 10.2. The van der Waals surface area contributed by atoms with Crippen LogP contribution in [-0.2, 0) is 15.5 Å². The highest BCUT2D eigenvalue weighted by Gasteiger charge is 2.20. The third-order valence-corrected chi connectivity index (χ3v) is 7.20. The molecule has 1 aliphatic rings. The van der Waals surface area contributed by atoms with E-state index in [9.17, 15) is 4.21 Å². The fourth-order valence-corrected chi connectivity index (χ4v) is 5.40. The van der Waals surface area contributed by atoms with Crippen molar-refractivity contribution in [3.63, 3.8) is 0 Å². The summed E-state index contributed by atoms with van der Waals surface area (Å²) in [7, 11) is -1.03. The Morgan fingerprint density at radius 2 is 1.81 bits per heavy atom. The molecule has 0 radical (unpaired) electrons. The normalized spacial score (nSPS) is 13.0. The van der Waals surface area contributed by atoms with Crippen LogP contribution in [-0.4, -0.2) is 41.2 Å². The molecule has 0 spiro atoms. The summed E-state index contributed by atoms with van der Waals surface area (Å²) >= 11 is 1.47. The number of morpholine rings is 1. The van der Waals surface area contributed by atoms with Crippen molar-refractivity contribution < 1.29 is 8.95 Å². The molecule has 0 bridgehead atoms. The third kappa shape index (κ3) is 7.75. The first-order valence-electron chi connectivity index (χ1n) is 9.69. The number of aryl methyl sites for hydroxylation is 1. The Bertz CT molecular complexity index is 1060. The Balaban J connectivity index is 0.000000454. The Morgan fingerprint density at radius 3 is 2.29 bits per heavy atom. The van der Waals surface area contributed by atoms with Gasteiger partial charge in [-0.2, -0.15) is 0 Å². The predicted octanol–water partition coefficient (Wildman–Crippen LogP) is 4.92. The van der Waals surface area contributed by atoms with Crippen LogP contribution in [0.4, 0.5) is 11.5 Å². The fraction of sp³-hybridized carbons (Fsp3) is 0.333. The highest BCUT2D eigenvalue weighted by atomic mass is 32.2. The number of nitrogen functional groups attached to an aromatic ring is 1. The van der Waals surface area contributed by atoms with Crippen molar-refractivity contribution in [2.75, 3.05) is 42.7 Å². The van der Waals surface area contributed by atoms with E-state index in [1.807, 2.05) is 13.8 Å². The number of hydrogen-bond donors (Lipinski definition) is 1. The van der Waals surface area contributed by atoms with Crippen molar-refractivity contribution in [1.29, 1.82) is 0 Å². The van der Waals surface area contributed by atoms with Crippen LogP contribution in [0.3, 0.4) is 0 Å². The van der Waals surface area contributed by atoms with Crippen molar-refractivity contribution in [1.82, 2.24) is 4.98 Å². The molecule has 31 heavy (non-hydrogen) atoms. The van der Waals surface area contributed by atoms with Crippen LogP contribution < -0.4 is 10.6 Å². The minimum absolute atomic E-state index is 0.644. The molecule has 1 unspecified atom stereocenters. The number of nitrogens with zero attached hydrogens (tertiary/aromatic N) is 2. The number of hydrogen-bond acceptors (Lipinski definition) is 6. The van der Waals surface area contributed by atoms with Gasteiger partial charge in [0.2, 0.25) is 0 Å². The van der Waals surface area contributed by atoms with E-state index in [1.165, 1.54) is 11.3 Å². The zero-order chi connectivity index (χ0) is 23.2. The maximum atomic E-state index is 12.3. The first-order chi connectivity index (χ1) is 14.9. The zero-order valence-electron chi connectivity index (χ0n) is 18.3. The summed E-state index contributed by atoms with van der Waals surface area (Å²) in [6.07, 6.45) is 0.881. The van der Waals surface area contributed by atoms with Gasteiger partial charge in [0.15, 0.2) is 0 Å². The average Bonchev–Trinajstić information content (AvgIpc) is 3.12. The summed E-state index contributed by atoms with van der Waals surface area (Å²) in [5.41, 5.74) is 19.7. The number of pyridine rings is 1. The maximum Gasteiger partial charge on any atom is 0.130 e. The summed E-state index contributed by atoms with van der Waals surface area (Å²) in [5, 5.41) is 0.960. The van der Waals surface area contributed by atoms with Gasteiger partial charge in [0, 0.05) is 24.2 Å². The van der Waals surface area contributed by atoms with Gasteiger partial charge in [0.25, 0.3) is 0 Å². The first kappa shape index (κ1) is 26.2. The van der Waals surface area contributed by atoms with Gasteiger partial charge in [-0.3, -0.25) is 4.21 Å². The molecule has 0 amide bonds. The Kier molecular flexibility index (Phi) is 12.1. The molecule has 3 heterocycles. The topological polar surface area (TPSA) is 68.5 Å².